The maximum Gasteiger partial charge on any atom is 0.139 e. The van der Waals surface area contributed by atoms with Gasteiger partial charge < -0.3 is 10.0 Å². The fourth-order valence-corrected chi connectivity index (χ4v) is 1.64. The average molecular weight is 232 g/mol. The van der Waals surface area contributed by atoms with E-state index in [-0.39, 0.29) is 0 Å². The number of nitrogens with one attached hydrogen (secondary N) is 1. The quantitative estimate of drug-likeness (QED) is 0.740. The largest absolute Gasteiger partial charge is 0.381 e. The van der Waals surface area contributed by atoms with E-state index in [0.29, 0.717) is 6.04 Å². The highest BCUT2D eigenvalue weighted by Crippen LogP contribution is 1.95. The zero-order chi connectivity index (χ0) is 12.7. The molecule has 1 aromatic rings. The van der Waals surface area contributed by atoms with Crippen molar-refractivity contribution < 1.29 is 10.0 Å². The van der Waals surface area contributed by atoms with Crippen LogP contribution in [-0.4, -0.2) is 23.8 Å². The Morgan fingerprint density at radius 1 is 1.18 bits per heavy atom. The molecule has 0 fully saturated rings. The van der Waals surface area contributed by atoms with Gasteiger partial charge in [0.05, 0.1) is 6.04 Å². The second-order valence-corrected chi connectivity index (χ2v) is 4.65. The lowest BCUT2D eigenvalue weighted by molar-refractivity contribution is -0.928. The molecular weight excluding hydrogens is 210 g/mol. The second kappa shape index (κ2) is 7.11. The number of hydrogen-bond acceptors (Lipinski definition) is 1. The summed E-state index contributed by atoms with van der Waals surface area (Å²) in [7, 11) is 0. The zero-order valence-corrected chi connectivity index (χ0v) is 10.9. The van der Waals surface area contributed by atoms with Gasteiger partial charge in [-0.3, -0.25) is 0 Å². The first-order chi connectivity index (χ1) is 8.09. The summed E-state index contributed by atoms with van der Waals surface area (Å²) < 4.78 is 0. The van der Waals surface area contributed by atoms with E-state index in [1.54, 1.807) is 6.92 Å². The van der Waals surface area contributed by atoms with E-state index in [0.717, 1.165) is 13.1 Å². The summed E-state index contributed by atoms with van der Waals surface area (Å²) in [4.78, 5) is 1.42. The van der Waals surface area contributed by atoms with Gasteiger partial charge in [0, 0.05) is 5.56 Å². The fraction of sp³-hybridized carbons (Fsp3) is 0.467. The number of rotatable bonds is 4. The van der Waals surface area contributed by atoms with Crippen molar-refractivity contribution >= 4 is 0 Å². The molecular formula is C15H22NO+. The Kier molecular flexibility index (Phi) is 5.76. The summed E-state index contributed by atoms with van der Waals surface area (Å²) in [5, 5.41) is 9.11. The predicted molar refractivity (Wildman–Crippen MR) is 70.6 cm³/mol. The molecule has 2 atom stereocenters. The number of aliphatic hydroxyl groups is 1. The Hall–Kier alpha value is -1.30. The maximum absolute atomic E-state index is 9.11. The Morgan fingerprint density at radius 2 is 1.82 bits per heavy atom. The summed E-state index contributed by atoms with van der Waals surface area (Å²) in [6.07, 6.45) is -0.528. The number of quaternary nitrogens is 1. The normalized spacial score (nSPS) is 13.9. The molecule has 1 rings (SSSR count). The van der Waals surface area contributed by atoms with Crippen molar-refractivity contribution in [3.63, 3.8) is 0 Å². The molecule has 1 unspecified atom stereocenters. The van der Waals surface area contributed by atoms with E-state index in [9.17, 15) is 0 Å². The summed E-state index contributed by atoms with van der Waals surface area (Å²) in [6.45, 7) is 7.84. The second-order valence-electron chi connectivity index (χ2n) is 4.65. The smallest absolute Gasteiger partial charge is 0.139 e. The summed E-state index contributed by atoms with van der Waals surface area (Å²) >= 11 is 0. The molecule has 1 aromatic carbocycles. The minimum atomic E-state index is -0.528. The van der Waals surface area contributed by atoms with E-state index >= 15 is 0 Å². The van der Waals surface area contributed by atoms with Crippen LogP contribution in [0.25, 0.3) is 0 Å². The first kappa shape index (κ1) is 13.8. The van der Waals surface area contributed by atoms with Gasteiger partial charge in [-0.1, -0.05) is 36.3 Å². The standard InChI is InChI=1S/C15H21NO/c1-13(2)16(11-7-8-14(3)17)12-15-9-5-4-6-10-15/h4-6,9-10,13-14,17H,11-12H2,1-3H3/p+1/t14-/m0/s1. The molecule has 0 aliphatic heterocycles. The van der Waals surface area contributed by atoms with Crippen molar-refractivity contribution in [3.05, 3.63) is 35.9 Å². The van der Waals surface area contributed by atoms with Gasteiger partial charge >= 0.3 is 0 Å². The molecule has 2 N–H and O–H groups in total. The van der Waals surface area contributed by atoms with Gasteiger partial charge in [0.25, 0.3) is 0 Å². The molecule has 17 heavy (non-hydrogen) atoms. The van der Waals surface area contributed by atoms with Crippen LogP contribution in [0.2, 0.25) is 0 Å². The third-order valence-electron chi connectivity index (χ3n) is 2.72. The van der Waals surface area contributed by atoms with Crippen LogP contribution in [0.3, 0.4) is 0 Å². The van der Waals surface area contributed by atoms with E-state index < -0.39 is 6.10 Å². The molecule has 0 amide bonds. The maximum atomic E-state index is 9.11. The van der Waals surface area contributed by atoms with Crippen molar-refractivity contribution in [2.75, 3.05) is 6.54 Å². The van der Waals surface area contributed by atoms with E-state index in [1.807, 2.05) is 6.07 Å². The Morgan fingerprint density at radius 3 is 2.35 bits per heavy atom. The molecule has 0 aliphatic carbocycles. The Labute approximate surface area is 104 Å². The van der Waals surface area contributed by atoms with E-state index in [4.69, 9.17) is 5.11 Å². The average Bonchev–Trinajstić information content (AvgIpc) is 2.28. The lowest BCUT2D eigenvalue weighted by Gasteiger charge is -2.21. The lowest BCUT2D eigenvalue weighted by Crippen LogP contribution is -3.13. The Balaban J connectivity index is 2.59. The van der Waals surface area contributed by atoms with Crippen molar-refractivity contribution in [1.82, 2.24) is 0 Å². The van der Waals surface area contributed by atoms with Crippen LogP contribution in [0.15, 0.2) is 30.3 Å². The molecule has 0 aliphatic rings. The van der Waals surface area contributed by atoms with Crippen LogP contribution in [0.5, 0.6) is 0 Å². The monoisotopic (exact) mass is 232 g/mol. The third kappa shape index (κ3) is 5.53. The lowest BCUT2D eigenvalue weighted by atomic mass is 10.2. The molecule has 0 heterocycles. The van der Waals surface area contributed by atoms with Gasteiger partial charge in [-0.05, 0) is 26.7 Å². The molecule has 0 saturated heterocycles. The van der Waals surface area contributed by atoms with Gasteiger partial charge in [-0.2, -0.15) is 0 Å². The van der Waals surface area contributed by atoms with Crippen molar-refractivity contribution in [3.8, 4) is 11.8 Å². The molecule has 0 saturated carbocycles. The summed E-state index contributed by atoms with van der Waals surface area (Å²) in [5.41, 5.74) is 1.33. The van der Waals surface area contributed by atoms with Gasteiger partial charge in [0.1, 0.15) is 19.2 Å². The van der Waals surface area contributed by atoms with Crippen molar-refractivity contribution in [1.29, 1.82) is 0 Å². The number of benzene rings is 1. The van der Waals surface area contributed by atoms with Crippen LogP contribution in [0.1, 0.15) is 26.3 Å². The molecule has 2 heteroatoms. The molecule has 0 spiro atoms. The highest BCUT2D eigenvalue weighted by molar-refractivity contribution is 5.13. The molecule has 2 nitrogen and oxygen atoms in total. The Bertz CT molecular complexity index is 373. The minimum Gasteiger partial charge on any atom is -0.381 e. The van der Waals surface area contributed by atoms with E-state index in [1.165, 1.54) is 10.5 Å². The zero-order valence-electron chi connectivity index (χ0n) is 10.9. The van der Waals surface area contributed by atoms with Gasteiger partial charge in [-0.25, -0.2) is 0 Å². The number of hydrogen-bond donors (Lipinski definition) is 2. The fourth-order valence-electron chi connectivity index (χ4n) is 1.64. The van der Waals surface area contributed by atoms with Crippen molar-refractivity contribution in [2.24, 2.45) is 0 Å². The third-order valence-corrected chi connectivity index (χ3v) is 2.72. The highest BCUT2D eigenvalue weighted by Gasteiger charge is 2.11. The first-order valence-electron chi connectivity index (χ1n) is 6.14. The van der Waals surface area contributed by atoms with E-state index in [2.05, 4.69) is 50.0 Å². The highest BCUT2D eigenvalue weighted by atomic mass is 16.3. The summed E-state index contributed by atoms with van der Waals surface area (Å²) in [6, 6.07) is 11.0. The van der Waals surface area contributed by atoms with Gasteiger partial charge in [-0.15, -0.1) is 0 Å². The molecule has 0 aromatic heterocycles. The number of aliphatic hydroxyl groups excluding tert-OH is 1. The first-order valence-corrected chi connectivity index (χ1v) is 6.14. The minimum absolute atomic E-state index is 0.526. The summed E-state index contributed by atoms with van der Waals surface area (Å²) in [5.74, 6) is 5.85. The topological polar surface area (TPSA) is 24.7 Å². The molecule has 92 valence electrons. The predicted octanol–water partition coefficient (Wildman–Crippen LogP) is 0.864. The van der Waals surface area contributed by atoms with Crippen LogP contribution < -0.4 is 4.90 Å². The SMILES string of the molecule is CC(C)[NH+](CC#C[C@H](C)O)Cc1ccccc1. The van der Waals surface area contributed by atoms with Crippen LogP contribution in [0, 0.1) is 11.8 Å². The van der Waals surface area contributed by atoms with Crippen LogP contribution in [-0.2, 0) is 6.54 Å². The van der Waals surface area contributed by atoms with Crippen LogP contribution in [0.4, 0.5) is 0 Å². The molecule has 0 bridgehead atoms. The van der Waals surface area contributed by atoms with Gasteiger partial charge in [0.15, 0.2) is 0 Å². The van der Waals surface area contributed by atoms with Gasteiger partial charge in [0.2, 0.25) is 0 Å². The molecule has 0 radical (unpaired) electrons. The van der Waals surface area contributed by atoms with Crippen LogP contribution >= 0.6 is 0 Å². The van der Waals surface area contributed by atoms with Crippen molar-refractivity contribution in [2.45, 2.75) is 39.5 Å².